The molecular formula is C18H26N6O6. The van der Waals surface area contributed by atoms with Crippen LogP contribution < -0.4 is 22.1 Å². The summed E-state index contributed by atoms with van der Waals surface area (Å²) in [5, 5.41) is 26.5. The fourth-order valence-electron chi connectivity index (χ4n) is 2.19. The number of nitrogens with two attached hydrogens (primary N) is 2. The Morgan fingerprint density at radius 2 is 1.83 bits per heavy atom. The van der Waals surface area contributed by atoms with Gasteiger partial charge in [-0.3, -0.25) is 4.79 Å². The van der Waals surface area contributed by atoms with Gasteiger partial charge in [0.15, 0.2) is 11.9 Å². The highest BCUT2D eigenvalue weighted by atomic mass is 16.5. The predicted octanol–water partition coefficient (Wildman–Crippen LogP) is -0.563. The van der Waals surface area contributed by atoms with Gasteiger partial charge in [-0.05, 0) is 18.9 Å². The molecule has 1 heterocycles. The van der Waals surface area contributed by atoms with Crippen molar-refractivity contribution in [1.82, 2.24) is 20.8 Å². The van der Waals surface area contributed by atoms with Crippen molar-refractivity contribution in [3.05, 3.63) is 47.6 Å². The average molecular weight is 422 g/mol. The molecule has 1 aromatic heterocycles. The Hall–Kier alpha value is -3.51. The van der Waals surface area contributed by atoms with Crippen molar-refractivity contribution in [1.29, 1.82) is 0 Å². The number of aliphatic hydroxyl groups is 1. The number of hydrogen-bond acceptors (Lipinski definition) is 8. The number of carboxylic acids is 1. The molecule has 3 amide bonds. The number of aromatic nitrogens is 2. The lowest BCUT2D eigenvalue weighted by molar-refractivity contribution is -0.141. The van der Waals surface area contributed by atoms with E-state index in [1.54, 1.807) is 0 Å². The van der Waals surface area contributed by atoms with Gasteiger partial charge < -0.3 is 36.8 Å². The van der Waals surface area contributed by atoms with Gasteiger partial charge in [0.05, 0.1) is 18.7 Å². The molecule has 3 atom stereocenters. The van der Waals surface area contributed by atoms with Crippen LogP contribution in [0.2, 0.25) is 0 Å². The van der Waals surface area contributed by atoms with Crippen molar-refractivity contribution in [2.24, 2.45) is 11.5 Å². The highest BCUT2D eigenvalue weighted by Crippen LogP contribution is 2.13. The fraction of sp³-hybridized carbons (Fsp3) is 0.389. The Bertz CT molecular complexity index is 822. The molecule has 0 aliphatic heterocycles. The van der Waals surface area contributed by atoms with Crippen LogP contribution in [-0.2, 0) is 22.6 Å². The highest BCUT2D eigenvalue weighted by molar-refractivity contribution is 5.82. The lowest BCUT2D eigenvalue weighted by Crippen LogP contribution is -2.51. The van der Waals surface area contributed by atoms with E-state index >= 15 is 0 Å². The quantitative estimate of drug-likeness (QED) is 0.322. The number of urea groups is 1. The Labute approximate surface area is 172 Å². The Morgan fingerprint density at radius 1 is 1.23 bits per heavy atom. The van der Waals surface area contributed by atoms with Crippen molar-refractivity contribution in [2.75, 3.05) is 0 Å². The number of rotatable bonds is 8. The van der Waals surface area contributed by atoms with E-state index < -0.39 is 30.2 Å². The Kier molecular flexibility index (Phi) is 9.92. The van der Waals surface area contributed by atoms with Crippen molar-refractivity contribution in [3.8, 4) is 0 Å². The van der Waals surface area contributed by atoms with Crippen molar-refractivity contribution >= 4 is 17.9 Å². The molecule has 0 aliphatic rings. The summed E-state index contributed by atoms with van der Waals surface area (Å²) < 4.78 is 5.02. The highest BCUT2D eigenvalue weighted by Gasteiger charge is 2.25. The van der Waals surface area contributed by atoms with Gasteiger partial charge in [0.1, 0.15) is 0 Å². The van der Waals surface area contributed by atoms with Gasteiger partial charge in [0.25, 0.3) is 0 Å². The Morgan fingerprint density at radius 3 is 2.37 bits per heavy atom. The van der Waals surface area contributed by atoms with Crippen LogP contribution in [0.5, 0.6) is 0 Å². The molecule has 164 valence electrons. The number of primary amides is 1. The number of nitrogens with one attached hydrogen (secondary N) is 2. The van der Waals surface area contributed by atoms with E-state index in [0.717, 1.165) is 5.56 Å². The molecule has 8 N–H and O–H groups in total. The van der Waals surface area contributed by atoms with Crippen LogP contribution in [-0.4, -0.2) is 50.4 Å². The number of carbonyl (C=O) groups excluding carboxylic acids is 2. The van der Waals surface area contributed by atoms with Gasteiger partial charge in [-0.2, -0.15) is 4.98 Å². The second kappa shape index (κ2) is 12.1. The first-order valence-corrected chi connectivity index (χ1v) is 8.93. The van der Waals surface area contributed by atoms with Gasteiger partial charge >= 0.3 is 12.0 Å². The van der Waals surface area contributed by atoms with Crippen LogP contribution in [0, 0.1) is 0 Å². The molecule has 0 bridgehead atoms. The van der Waals surface area contributed by atoms with E-state index in [9.17, 15) is 19.5 Å². The zero-order valence-electron chi connectivity index (χ0n) is 16.6. The molecule has 0 fully saturated rings. The number of nitrogens with zero attached hydrogens (tertiary/aromatic N) is 2. The van der Waals surface area contributed by atoms with Gasteiger partial charge in [-0.15, -0.1) is 0 Å². The number of hydrogen-bond donors (Lipinski definition) is 6. The second-order valence-electron chi connectivity index (χ2n) is 6.34. The van der Waals surface area contributed by atoms with Crippen molar-refractivity contribution in [2.45, 2.75) is 45.0 Å². The standard InChI is InChI=1S/C16H21N5O5.C2H5NO/c1-9(22)13(15(23)24)20-16(25)18-8-12-19-14(21-26-12)11(17)7-10-5-3-2-4-6-10;1-2(3)4/h2-6,9,11,13,22H,7-8,17H2,1H3,(H,23,24)(H2,18,20,25);1H3,(H2,3,4). The molecule has 0 saturated carbocycles. The topological polar surface area (TPSA) is 207 Å². The van der Waals surface area contributed by atoms with Crippen LogP contribution in [0.3, 0.4) is 0 Å². The number of benzene rings is 1. The Balaban J connectivity index is 0.00000103. The zero-order chi connectivity index (χ0) is 22.7. The lowest BCUT2D eigenvalue weighted by Gasteiger charge is -2.16. The molecule has 30 heavy (non-hydrogen) atoms. The van der Waals surface area contributed by atoms with Crippen LogP contribution in [0.1, 0.15) is 37.2 Å². The van der Waals surface area contributed by atoms with Gasteiger partial charge in [-0.1, -0.05) is 35.5 Å². The summed E-state index contributed by atoms with van der Waals surface area (Å²) in [4.78, 5) is 36.0. The van der Waals surface area contributed by atoms with E-state index in [4.69, 9.17) is 15.4 Å². The normalized spacial score (nSPS) is 13.2. The number of carbonyl (C=O) groups is 3. The first-order valence-electron chi connectivity index (χ1n) is 8.93. The first kappa shape index (κ1) is 24.5. The monoisotopic (exact) mass is 422 g/mol. The maximum Gasteiger partial charge on any atom is 0.328 e. The average Bonchev–Trinajstić information content (AvgIpc) is 3.13. The smallest absolute Gasteiger partial charge is 0.328 e. The molecular weight excluding hydrogens is 396 g/mol. The van der Waals surface area contributed by atoms with Crippen LogP contribution in [0.4, 0.5) is 4.79 Å². The van der Waals surface area contributed by atoms with E-state index in [1.807, 2.05) is 30.3 Å². The molecule has 0 saturated heterocycles. The third-order valence-electron chi connectivity index (χ3n) is 3.55. The van der Waals surface area contributed by atoms with E-state index in [1.165, 1.54) is 13.8 Å². The largest absolute Gasteiger partial charge is 0.480 e. The number of amides is 3. The van der Waals surface area contributed by atoms with Gasteiger partial charge in [0.2, 0.25) is 11.8 Å². The van der Waals surface area contributed by atoms with Crippen LogP contribution in [0.15, 0.2) is 34.9 Å². The van der Waals surface area contributed by atoms with Gasteiger partial charge in [0, 0.05) is 6.92 Å². The predicted molar refractivity (Wildman–Crippen MR) is 105 cm³/mol. The summed E-state index contributed by atoms with van der Waals surface area (Å²) in [5.74, 6) is -1.25. The number of carboxylic acid groups (broad SMARTS) is 1. The summed E-state index contributed by atoms with van der Waals surface area (Å²) in [6.07, 6.45) is -0.716. The zero-order valence-corrected chi connectivity index (χ0v) is 16.6. The molecule has 1 aromatic carbocycles. The fourth-order valence-corrected chi connectivity index (χ4v) is 2.19. The maximum absolute atomic E-state index is 11.7. The lowest BCUT2D eigenvalue weighted by atomic mass is 10.1. The molecule has 0 spiro atoms. The summed E-state index contributed by atoms with van der Waals surface area (Å²) in [6, 6.07) is 6.93. The molecule has 3 unspecified atom stereocenters. The molecule has 0 aliphatic carbocycles. The second-order valence-corrected chi connectivity index (χ2v) is 6.34. The maximum atomic E-state index is 11.7. The van der Waals surface area contributed by atoms with Crippen LogP contribution in [0.25, 0.3) is 0 Å². The van der Waals surface area contributed by atoms with E-state index in [0.29, 0.717) is 12.2 Å². The minimum atomic E-state index is -1.42. The molecule has 2 aromatic rings. The SMILES string of the molecule is CC(N)=O.CC(O)C(NC(=O)NCc1nc(C(N)Cc2ccccc2)no1)C(=O)O. The minimum absolute atomic E-state index is 0.108. The molecule has 12 nitrogen and oxygen atoms in total. The number of aliphatic hydroxyl groups excluding tert-OH is 1. The van der Waals surface area contributed by atoms with Crippen LogP contribution >= 0.6 is 0 Å². The molecule has 0 radical (unpaired) electrons. The minimum Gasteiger partial charge on any atom is -0.480 e. The first-order chi connectivity index (χ1) is 14.1. The third-order valence-corrected chi connectivity index (χ3v) is 3.55. The van der Waals surface area contributed by atoms with Crippen molar-refractivity contribution in [3.63, 3.8) is 0 Å². The molecule has 2 rings (SSSR count). The summed E-state index contributed by atoms with van der Waals surface area (Å²) in [5.41, 5.74) is 11.6. The van der Waals surface area contributed by atoms with Crippen molar-refractivity contribution < 1.29 is 29.1 Å². The molecule has 12 heteroatoms. The number of aliphatic carboxylic acids is 1. The van der Waals surface area contributed by atoms with E-state index in [2.05, 4.69) is 26.5 Å². The summed E-state index contributed by atoms with van der Waals surface area (Å²) in [7, 11) is 0. The summed E-state index contributed by atoms with van der Waals surface area (Å²) in [6.45, 7) is 2.46. The third kappa shape index (κ3) is 9.12. The van der Waals surface area contributed by atoms with Gasteiger partial charge in [-0.25, -0.2) is 9.59 Å². The summed E-state index contributed by atoms with van der Waals surface area (Å²) >= 11 is 0. The van der Waals surface area contributed by atoms with E-state index in [-0.39, 0.29) is 18.3 Å².